The molecule has 0 spiro atoms. The molecule has 0 saturated carbocycles. The van der Waals surface area contributed by atoms with Crippen LogP contribution < -0.4 is 5.73 Å². The first-order valence-electron chi connectivity index (χ1n) is 5.53. The van der Waals surface area contributed by atoms with Gasteiger partial charge in [0, 0.05) is 4.47 Å². The molecule has 1 unspecified atom stereocenters. The number of carbonyl (C=O) groups is 1. The van der Waals surface area contributed by atoms with Crippen molar-refractivity contribution in [3.63, 3.8) is 0 Å². The van der Waals surface area contributed by atoms with Gasteiger partial charge in [-0.15, -0.1) is 0 Å². The van der Waals surface area contributed by atoms with Crippen molar-refractivity contribution in [3.05, 3.63) is 34.3 Å². The normalized spacial score (nSPS) is 14.5. The summed E-state index contributed by atoms with van der Waals surface area (Å²) in [5, 5.41) is 0. The van der Waals surface area contributed by atoms with E-state index < -0.39 is 11.5 Å². The molecular formula is C13H18BrNO2. The topological polar surface area (TPSA) is 52.3 Å². The van der Waals surface area contributed by atoms with E-state index in [9.17, 15) is 4.79 Å². The molecule has 0 heterocycles. The maximum absolute atomic E-state index is 11.9. The van der Waals surface area contributed by atoms with Gasteiger partial charge >= 0.3 is 5.97 Å². The molecule has 0 bridgehead atoms. The van der Waals surface area contributed by atoms with Crippen LogP contribution in [0.15, 0.2) is 28.7 Å². The lowest BCUT2D eigenvalue weighted by Crippen LogP contribution is -2.46. The van der Waals surface area contributed by atoms with Gasteiger partial charge in [-0.2, -0.15) is 0 Å². The Morgan fingerprint density at radius 2 is 1.94 bits per heavy atom. The third-order valence-electron chi connectivity index (χ3n) is 2.64. The number of benzene rings is 1. The number of rotatable bonds is 4. The summed E-state index contributed by atoms with van der Waals surface area (Å²) in [6, 6.07) is 7.45. The van der Waals surface area contributed by atoms with Crippen LogP contribution in [0.1, 0.15) is 25.8 Å². The van der Waals surface area contributed by atoms with Crippen LogP contribution in [0.5, 0.6) is 0 Å². The number of halogens is 1. The van der Waals surface area contributed by atoms with Crippen molar-refractivity contribution in [1.82, 2.24) is 0 Å². The van der Waals surface area contributed by atoms with Crippen LogP contribution in [-0.2, 0) is 15.1 Å². The molecule has 0 saturated heterocycles. The lowest BCUT2D eigenvalue weighted by Gasteiger charge is -2.28. The van der Waals surface area contributed by atoms with Crippen LogP contribution in [0.4, 0.5) is 0 Å². The van der Waals surface area contributed by atoms with Gasteiger partial charge in [-0.1, -0.05) is 41.9 Å². The molecule has 0 aromatic heterocycles. The predicted molar refractivity (Wildman–Crippen MR) is 71.5 cm³/mol. The van der Waals surface area contributed by atoms with Crippen LogP contribution >= 0.6 is 15.9 Å². The lowest BCUT2D eigenvalue weighted by molar-refractivity contribution is -0.148. The first-order chi connectivity index (χ1) is 7.90. The quantitative estimate of drug-likeness (QED) is 0.870. The molecule has 0 fully saturated rings. The summed E-state index contributed by atoms with van der Waals surface area (Å²) >= 11 is 3.36. The minimum absolute atomic E-state index is 0.308. The van der Waals surface area contributed by atoms with E-state index in [1.54, 1.807) is 0 Å². The average molecular weight is 300 g/mol. The summed E-state index contributed by atoms with van der Waals surface area (Å²) in [5.74, 6) is -0.0868. The average Bonchev–Trinajstić information content (AvgIpc) is 2.27. The summed E-state index contributed by atoms with van der Waals surface area (Å²) in [5.41, 5.74) is 5.95. The third-order valence-corrected chi connectivity index (χ3v) is 3.17. The molecule has 0 aliphatic heterocycles. The molecule has 94 valence electrons. The smallest absolute Gasteiger partial charge is 0.330 e. The Kier molecular flexibility index (Phi) is 4.71. The maximum atomic E-state index is 11.9. The number of carbonyl (C=O) groups excluding carboxylic acids is 1. The fraction of sp³-hybridized carbons (Fsp3) is 0.462. The number of ether oxygens (including phenoxy) is 1. The van der Waals surface area contributed by atoms with Crippen LogP contribution in [-0.4, -0.2) is 13.1 Å². The molecule has 1 rings (SSSR count). The molecule has 2 N–H and O–H groups in total. The Bertz CT molecular complexity index is 389. The van der Waals surface area contributed by atoms with E-state index in [-0.39, 0.29) is 0 Å². The Balaban J connectivity index is 3.13. The highest BCUT2D eigenvalue weighted by Crippen LogP contribution is 2.28. The fourth-order valence-corrected chi connectivity index (χ4v) is 2.16. The van der Waals surface area contributed by atoms with E-state index in [4.69, 9.17) is 10.5 Å². The van der Waals surface area contributed by atoms with E-state index in [1.165, 1.54) is 7.11 Å². The minimum atomic E-state index is -1.07. The van der Waals surface area contributed by atoms with Crippen molar-refractivity contribution < 1.29 is 9.53 Å². The first-order valence-corrected chi connectivity index (χ1v) is 6.33. The number of hydrogen-bond acceptors (Lipinski definition) is 3. The van der Waals surface area contributed by atoms with Crippen LogP contribution in [0.25, 0.3) is 0 Å². The van der Waals surface area contributed by atoms with Gasteiger partial charge in [-0.05, 0) is 30.0 Å². The zero-order valence-electron chi connectivity index (χ0n) is 10.4. The van der Waals surface area contributed by atoms with Crippen molar-refractivity contribution >= 4 is 21.9 Å². The van der Waals surface area contributed by atoms with Gasteiger partial charge < -0.3 is 10.5 Å². The zero-order valence-corrected chi connectivity index (χ0v) is 12.0. The zero-order chi connectivity index (χ0) is 13.1. The summed E-state index contributed by atoms with van der Waals surface area (Å²) in [6.07, 6.45) is 0.557. The van der Waals surface area contributed by atoms with E-state index in [0.717, 1.165) is 10.0 Å². The summed E-state index contributed by atoms with van der Waals surface area (Å²) in [7, 11) is 1.36. The van der Waals surface area contributed by atoms with Crippen LogP contribution in [0.2, 0.25) is 0 Å². The van der Waals surface area contributed by atoms with Crippen molar-refractivity contribution in [2.24, 2.45) is 11.7 Å². The van der Waals surface area contributed by atoms with Gasteiger partial charge in [0.1, 0.15) is 5.54 Å². The predicted octanol–water partition coefficient (Wildman–Crippen LogP) is 2.82. The lowest BCUT2D eigenvalue weighted by atomic mass is 9.83. The highest BCUT2D eigenvalue weighted by molar-refractivity contribution is 9.10. The second kappa shape index (κ2) is 5.65. The van der Waals surface area contributed by atoms with Gasteiger partial charge in [-0.25, -0.2) is 4.79 Å². The van der Waals surface area contributed by atoms with Crippen molar-refractivity contribution in [2.75, 3.05) is 7.11 Å². The molecular weight excluding hydrogens is 282 g/mol. The Hall–Kier alpha value is -0.870. The molecule has 0 aliphatic carbocycles. The van der Waals surface area contributed by atoms with E-state index in [2.05, 4.69) is 15.9 Å². The first kappa shape index (κ1) is 14.2. The highest BCUT2D eigenvalue weighted by Gasteiger charge is 2.37. The minimum Gasteiger partial charge on any atom is -0.467 e. The Labute approximate surface area is 110 Å². The van der Waals surface area contributed by atoms with Crippen LogP contribution in [0, 0.1) is 5.92 Å². The van der Waals surface area contributed by atoms with Crippen molar-refractivity contribution in [1.29, 1.82) is 0 Å². The van der Waals surface area contributed by atoms with E-state index in [0.29, 0.717) is 12.3 Å². The monoisotopic (exact) mass is 299 g/mol. The number of methoxy groups -OCH3 is 1. The Morgan fingerprint density at radius 3 is 2.35 bits per heavy atom. The molecule has 0 amide bonds. The second-order valence-electron chi connectivity index (χ2n) is 4.57. The van der Waals surface area contributed by atoms with Gasteiger partial charge in [0.15, 0.2) is 0 Å². The largest absolute Gasteiger partial charge is 0.467 e. The molecule has 4 heteroatoms. The van der Waals surface area contributed by atoms with Crippen LogP contribution in [0.3, 0.4) is 0 Å². The number of nitrogens with two attached hydrogens (primary N) is 1. The maximum Gasteiger partial charge on any atom is 0.330 e. The molecule has 1 aromatic carbocycles. The molecule has 0 radical (unpaired) electrons. The summed E-state index contributed by atoms with van der Waals surface area (Å²) < 4.78 is 5.78. The van der Waals surface area contributed by atoms with Gasteiger partial charge in [0.05, 0.1) is 7.11 Å². The fourth-order valence-electron chi connectivity index (χ4n) is 1.89. The van der Waals surface area contributed by atoms with Crippen molar-refractivity contribution in [2.45, 2.75) is 25.8 Å². The number of hydrogen-bond donors (Lipinski definition) is 1. The molecule has 1 aromatic rings. The second-order valence-corrected chi connectivity index (χ2v) is 5.48. The van der Waals surface area contributed by atoms with E-state index >= 15 is 0 Å². The highest BCUT2D eigenvalue weighted by atomic mass is 79.9. The third kappa shape index (κ3) is 3.30. The van der Waals surface area contributed by atoms with Gasteiger partial charge in [-0.3, -0.25) is 0 Å². The molecule has 1 atom stereocenters. The van der Waals surface area contributed by atoms with Gasteiger partial charge in [0.2, 0.25) is 0 Å². The standard InChI is InChI=1S/C13H18BrNO2/c1-9(2)8-13(15,12(16)17-3)10-4-6-11(14)7-5-10/h4-7,9H,8,15H2,1-3H3. The molecule has 17 heavy (non-hydrogen) atoms. The number of esters is 1. The van der Waals surface area contributed by atoms with Gasteiger partial charge in [0.25, 0.3) is 0 Å². The summed E-state index contributed by atoms with van der Waals surface area (Å²) in [4.78, 5) is 11.9. The molecule has 3 nitrogen and oxygen atoms in total. The van der Waals surface area contributed by atoms with E-state index in [1.807, 2.05) is 38.1 Å². The summed E-state index contributed by atoms with van der Waals surface area (Å²) in [6.45, 7) is 4.06. The van der Waals surface area contributed by atoms with Crippen molar-refractivity contribution in [3.8, 4) is 0 Å². The SMILES string of the molecule is COC(=O)C(N)(CC(C)C)c1ccc(Br)cc1. The Morgan fingerprint density at radius 1 is 1.41 bits per heavy atom. The molecule has 0 aliphatic rings.